The van der Waals surface area contributed by atoms with E-state index in [1.165, 1.54) is 5.01 Å². The highest BCUT2D eigenvalue weighted by molar-refractivity contribution is 5.87. The largest absolute Gasteiger partial charge is 0.338 e. The highest BCUT2D eigenvalue weighted by Crippen LogP contribution is 2.13. The third-order valence-electron chi connectivity index (χ3n) is 1.77. The highest BCUT2D eigenvalue weighted by Gasteiger charge is 2.24. The van der Waals surface area contributed by atoms with Crippen LogP contribution >= 0.6 is 0 Å². The van der Waals surface area contributed by atoms with Crippen molar-refractivity contribution < 1.29 is 4.79 Å². The molecule has 12 heavy (non-hydrogen) atoms. The van der Waals surface area contributed by atoms with E-state index in [1.54, 1.807) is 0 Å². The number of nitrogens with one attached hydrogen (secondary N) is 1. The van der Waals surface area contributed by atoms with Crippen LogP contribution in [0.4, 0.5) is 4.79 Å². The fraction of sp³-hybridized carbons (Fsp3) is 0.625. The first-order chi connectivity index (χ1) is 5.65. The molecule has 2 amide bonds. The molecular weight excluding hydrogens is 154 g/mol. The van der Waals surface area contributed by atoms with E-state index in [1.807, 2.05) is 13.8 Å². The molecule has 1 heterocycles. The third-order valence-corrected chi connectivity index (χ3v) is 1.77. The molecule has 1 rings (SSSR count). The Morgan fingerprint density at radius 3 is 3.00 bits per heavy atom. The lowest BCUT2D eigenvalue weighted by Crippen LogP contribution is -2.39. The molecule has 1 aliphatic rings. The summed E-state index contributed by atoms with van der Waals surface area (Å²) in [6.45, 7) is 7.83. The zero-order valence-corrected chi connectivity index (χ0v) is 7.50. The topological polar surface area (TPSA) is 44.7 Å². The average Bonchev–Trinajstić information content (AvgIpc) is 2.30. The fourth-order valence-corrected chi connectivity index (χ4v) is 1.27. The number of urea groups is 1. The van der Waals surface area contributed by atoms with E-state index in [9.17, 15) is 4.79 Å². The molecule has 0 aromatic heterocycles. The summed E-state index contributed by atoms with van der Waals surface area (Å²) >= 11 is 0. The first kappa shape index (κ1) is 9.03. The van der Waals surface area contributed by atoms with Gasteiger partial charge in [0, 0.05) is 18.7 Å². The first-order valence-corrected chi connectivity index (χ1v) is 4.05. The number of carbonyl (C=O) groups is 1. The van der Waals surface area contributed by atoms with E-state index in [2.05, 4.69) is 17.3 Å². The maximum atomic E-state index is 11.3. The normalized spacial score (nSPS) is 22.4. The summed E-state index contributed by atoms with van der Waals surface area (Å²) in [5.74, 6) is 0. The third kappa shape index (κ3) is 1.75. The van der Waals surface area contributed by atoms with E-state index in [0.29, 0.717) is 6.54 Å². The zero-order chi connectivity index (χ0) is 9.14. The molecule has 1 N–H and O–H groups in total. The van der Waals surface area contributed by atoms with Crippen molar-refractivity contribution in [1.29, 1.82) is 0 Å². The van der Waals surface area contributed by atoms with Crippen LogP contribution in [-0.4, -0.2) is 29.3 Å². The van der Waals surface area contributed by atoms with Crippen molar-refractivity contribution in [2.45, 2.75) is 26.3 Å². The van der Waals surface area contributed by atoms with Gasteiger partial charge in [-0.25, -0.2) is 9.80 Å². The van der Waals surface area contributed by atoms with Gasteiger partial charge in [0.05, 0.1) is 6.04 Å². The van der Waals surface area contributed by atoms with Crippen molar-refractivity contribution in [1.82, 2.24) is 10.3 Å². The summed E-state index contributed by atoms with van der Waals surface area (Å²) in [5.41, 5.74) is 1.00. The van der Waals surface area contributed by atoms with Gasteiger partial charge in [0.2, 0.25) is 0 Å². The molecule has 1 radical (unpaired) electrons. The number of carbonyl (C=O) groups excluding carboxylic acids is 1. The number of nitrogens with zero attached hydrogens (tertiary/aromatic N) is 2. The van der Waals surface area contributed by atoms with E-state index in [-0.39, 0.29) is 12.1 Å². The standard InChI is InChI=1S/C8H14N3O/c1-4-9-8(12)11-7(3)5-6(2)10-11/h7H,1,4-5H2,2-3H3,(H,9,12). The second-order valence-corrected chi connectivity index (χ2v) is 2.96. The molecule has 0 aromatic carbocycles. The van der Waals surface area contributed by atoms with E-state index < -0.39 is 0 Å². The van der Waals surface area contributed by atoms with Gasteiger partial charge in [-0.15, -0.1) is 0 Å². The predicted octanol–water partition coefficient (Wildman–Crippen LogP) is 1.00. The average molecular weight is 168 g/mol. The molecule has 4 nitrogen and oxygen atoms in total. The van der Waals surface area contributed by atoms with Crippen LogP contribution in [0.15, 0.2) is 5.10 Å². The molecule has 67 valence electrons. The van der Waals surface area contributed by atoms with Crippen molar-refractivity contribution in [2.75, 3.05) is 6.54 Å². The molecule has 0 saturated carbocycles. The van der Waals surface area contributed by atoms with Crippen molar-refractivity contribution in [3.05, 3.63) is 6.92 Å². The fourth-order valence-electron chi connectivity index (χ4n) is 1.27. The van der Waals surface area contributed by atoms with Gasteiger partial charge in [-0.1, -0.05) is 0 Å². The maximum Gasteiger partial charge on any atom is 0.338 e. The Kier molecular flexibility index (Phi) is 2.68. The van der Waals surface area contributed by atoms with Gasteiger partial charge in [-0.05, 0) is 20.8 Å². The molecule has 1 aliphatic heterocycles. The molecular formula is C8H14N3O. The van der Waals surface area contributed by atoms with Crippen LogP contribution in [0.2, 0.25) is 0 Å². The number of rotatable bonds is 1. The summed E-state index contributed by atoms with van der Waals surface area (Å²) in [6.07, 6.45) is 0.866. The smallest absolute Gasteiger partial charge is 0.336 e. The quantitative estimate of drug-likeness (QED) is 0.623. The summed E-state index contributed by atoms with van der Waals surface area (Å²) in [4.78, 5) is 11.3. The Hall–Kier alpha value is -1.06. The van der Waals surface area contributed by atoms with Crippen LogP contribution in [0.1, 0.15) is 20.3 Å². The lowest BCUT2D eigenvalue weighted by molar-refractivity contribution is 0.191. The Morgan fingerprint density at radius 1 is 1.92 bits per heavy atom. The second kappa shape index (κ2) is 3.56. The highest BCUT2D eigenvalue weighted by atomic mass is 16.2. The van der Waals surface area contributed by atoms with E-state index in [4.69, 9.17) is 0 Å². The molecule has 0 saturated heterocycles. The summed E-state index contributed by atoms with van der Waals surface area (Å²) in [5, 5.41) is 8.18. The molecule has 1 unspecified atom stereocenters. The Morgan fingerprint density at radius 2 is 2.58 bits per heavy atom. The summed E-state index contributed by atoms with van der Waals surface area (Å²) in [6, 6.07) is 0.0194. The van der Waals surface area contributed by atoms with Gasteiger partial charge in [0.1, 0.15) is 0 Å². The molecule has 0 aromatic rings. The van der Waals surface area contributed by atoms with Crippen LogP contribution in [0, 0.1) is 6.92 Å². The second-order valence-electron chi connectivity index (χ2n) is 2.96. The first-order valence-electron chi connectivity index (χ1n) is 4.05. The van der Waals surface area contributed by atoms with Gasteiger partial charge in [-0.3, -0.25) is 0 Å². The Balaban J connectivity index is 2.57. The van der Waals surface area contributed by atoms with E-state index in [0.717, 1.165) is 12.1 Å². The summed E-state index contributed by atoms with van der Waals surface area (Å²) in [7, 11) is 0. The van der Waals surface area contributed by atoms with Crippen LogP contribution in [0.3, 0.4) is 0 Å². The van der Waals surface area contributed by atoms with Gasteiger partial charge in [0.15, 0.2) is 0 Å². The predicted molar refractivity (Wildman–Crippen MR) is 47.8 cm³/mol. The lowest BCUT2D eigenvalue weighted by Gasteiger charge is -2.17. The van der Waals surface area contributed by atoms with Crippen molar-refractivity contribution in [3.63, 3.8) is 0 Å². The Bertz CT molecular complexity index is 212. The van der Waals surface area contributed by atoms with Crippen LogP contribution < -0.4 is 5.32 Å². The van der Waals surface area contributed by atoms with Gasteiger partial charge in [0.25, 0.3) is 0 Å². The number of amides is 2. The number of hydrazone groups is 1. The van der Waals surface area contributed by atoms with Gasteiger partial charge in [-0.2, -0.15) is 5.10 Å². The van der Waals surface area contributed by atoms with Crippen LogP contribution in [0.5, 0.6) is 0 Å². The molecule has 1 atom stereocenters. The zero-order valence-electron chi connectivity index (χ0n) is 7.50. The molecule has 0 fully saturated rings. The Labute approximate surface area is 72.6 Å². The minimum absolute atomic E-state index is 0.158. The van der Waals surface area contributed by atoms with E-state index >= 15 is 0 Å². The van der Waals surface area contributed by atoms with Gasteiger partial charge >= 0.3 is 6.03 Å². The van der Waals surface area contributed by atoms with Gasteiger partial charge < -0.3 is 5.32 Å². The maximum absolute atomic E-state index is 11.3. The SMILES string of the molecule is [CH2]CNC(=O)N1N=C(C)CC1C. The minimum atomic E-state index is -0.158. The summed E-state index contributed by atoms with van der Waals surface area (Å²) < 4.78 is 0. The minimum Gasteiger partial charge on any atom is -0.336 e. The molecule has 0 aliphatic carbocycles. The number of hydrogen-bond acceptors (Lipinski definition) is 2. The molecule has 0 bridgehead atoms. The number of hydrogen-bond donors (Lipinski definition) is 1. The van der Waals surface area contributed by atoms with Crippen molar-refractivity contribution >= 4 is 11.7 Å². The van der Waals surface area contributed by atoms with Crippen molar-refractivity contribution in [2.24, 2.45) is 5.10 Å². The van der Waals surface area contributed by atoms with Crippen LogP contribution in [-0.2, 0) is 0 Å². The van der Waals surface area contributed by atoms with Crippen molar-refractivity contribution in [3.8, 4) is 0 Å². The molecule has 4 heteroatoms. The molecule has 0 spiro atoms. The lowest BCUT2D eigenvalue weighted by atomic mass is 10.2. The van der Waals surface area contributed by atoms with Crippen LogP contribution in [0.25, 0.3) is 0 Å². The monoisotopic (exact) mass is 168 g/mol.